The van der Waals surface area contributed by atoms with Gasteiger partial charge in [-0.05, 0) is 68.3 Å². The summed E-state index contributed by atoms with van der Waals surface area (Å²) in [4.78, 5) is 28.1. The van der Waals surface area contributed by atoms with E-state index in [-0.39, 0.29) is 34.1 Å². The Balaban J connectivity index is 2.03. The lowest BCUT2D eigenvalue weighted by atomic mass is 10.1. The summed E-state index contributed by atoms with van der Waals surface area (Å²) < 4.78 is 42.2. The Morgan fingerprint density at radius 1 is 0.974 bits per heavy atom. The van der Waals surface area contributed by atoms with Crippen molar-refractivity contribution in [1.82, 2.24) is 10.2 Å². The van der Waals surface area contributed by atoms with Gasteiger partial charge in [0.2, 0.25) is 11.8 Å². The molecule has 0 saturated carbocycles. The second kappa shape index (κ2) is 13.3. The highest BCUT2D eigenvalue weighted by molar-refractivity contribution is 7.92. The maximum Gasteiger partial charge on any atom is 0.264 e. The van der Waals surface area contributed by atoms with E-state index in [9.17, 15) is 22.4 Å². The summed E-state index contributed by atoms with van der Waals surface area (Å²) in [6.07, 6.45) is 0.692. The number of hydrogen-bond acceptors (Lipinski definition) is 4. The van der Waals surface area contributed by atoms with Crippen LogP contribution in [0.3, 0.4) is 0 Å². The van der Waals surface area contributed by atoms with Crippen LogP contribution < -0.4 is 9.62 Å². The Labute approximate surface area is 238 Å². The largest absolute Gasteiger partial charge is 0.352 e. The first-order valence-electron chi connectivity index (χ1n) is 12.3. The number of carbonyl (C=O) groups is 2. The number of benzene rings is 3. The topological polar surface area (TPSA) is 86.8 Å². The third kappa shape index (κ3) is 7.71. The second-order valence-corrected chi connectivity index (χ2v) is 11.8. The number of halogens is 3. The normalized spacial score (nSPS) is 12.9. The molecule has 39 heavy (non-hydrogen) atoms. The van der Waals surface area contributed by atoms with Gasteiger partial charge in [-0.2, -0.15) is 0 Å². The lowest BCUT2D eigenvalue weighted by molar-refractivity contribution is -0.139. The smallest absolute Gasteiger partial charge is 0.264 e. The summed E-state index contributed by atoms with van der Waals surface area (Å²) in [7, 11) is -4.27. The molecule has 0 saturated heterocycles. The van der Waals surface area contributed by atoms with Crippen LogP contribution in [0.4, 0.5) is 10.1 Å². The van der Waals surface area contributed by atoms with Crippen LogP contribution in [0.15, 0.2) is 77.7 Å². The summed E-state index contributed by atoms with van der Waals surface area (Å²) >= 11 is 12.0. The fourth-order valence-electron chi connectivity index (χ4n) is 3.72. The number of hydrogen-bond donors (Lipinski definition) is 1. The van der Waals surface area contributed by atoms with Crippen molar-refractivity contribution >= 4 is 50.7 Å². The first kappa shape index (κ1) is 30.4. The maximum absolute atomic E-state index is 13.9. The molecule has 208 valence electrons. The lowest BCUT2D eigenvalue weighted by Crippen LogP contribution is -2.52. The monoisotopic (exact) mass is 593 g/mol. The standard InChI is InChI=1S/C28H30Cl2FN3O4S/c1-4-19(2)32-28(36)20(3)33(17-21-10-12-22(29)13-11-21)27(35)18-34(23-14-15-26(31)25(30)16-23)39(37,38)24-8-6-5-7-9-24/h5-16,19-20H,4,17-18H2,1-3H3,(H,32,36)/t19-,20+/m0/s1. The molecule has 3 aromatic rings. The molecule has 0 aliphatic carbocycles. The number of nitrogens with one attached hydrogen (secondary N) is 1. The summed E-state index contributed by atoms with van der Waals surface area (Å²) in [5, 5.41) is 3.08. The third-order valence-electron chi connectivity index (χ3n) is 6.24. The highest BCUT2D eigenvalue weighted by Crippen LogP contribution is 2.28. The van der Waals surface area contributed by atoms with Crippen LogP contribution in [0.2, 0.25) is 10.0 Å². The van der Waals surface area contributed by atoms with Crippen molar-refractivity contribution in [2.45, 2.75) is 50.7 Å². The van der Waals surface area contributed by atoms with E-state index in [0.29, 0.717) is 17.0 Å². The quantitative estimate of drug-likeness (QED) is 0.311. The van der Waals surface area contributed by atoms with E-state index < -0.39 is 34.3 Å². The minimum absolute atomic E-state index is 0.00163. The van der Waals surface area contributed by atoms with E-state index in [1.165, 1.54) is 23.1 Å². The van der Waals surface area contributed by atoms with Crippen molar-refractivity contribution in [3.63, 3.8) is 0 Å². The predicted octanol–water partition coefficient (Wildman–Crippen LogP) is 5.66. The lowest BCUT2D eigenvalue weighted by Gasteiger charge is -2.32. The third-order valence-corrected chi connectivity index (χ3v) is 8.57. The molecule has 1 N–H and O–H groups in total. The zero-order valence-corrected chi connectivity index (χ0v) is 24.1. The molecule has 3 rings (SSSR count). The summed E-state index contributed by atoms with van der Waals surface area (Å²) in [6, 6.07) is 16.7. The highest BCUT2D eigenvalue weighted by Gasteiger charge is 2.33. The minimum Gasteiger partial charge on any atom is -0.352 e. The molecule has 0 aliphatic heterocycles. The van der Waals surface area contributed by atoms with Crippen LogP contribution in [-0.4, -0.2) is 43.8 Å². The fourth-order valence-corrected chi connectivity index (χ4v) is 5.45. The molecule has 0 spiro atoms. The number of carbonyl (C=O) groups excluding carboxylic acids is 2. The zero-order chi connectivity index (χ0) is 28.7. The van der Waals surface area contributed by atoms with Crippen LogP contribution in [-0.2, 0) is 26.2 Å². The van der Waals surface area contributed by atoms with Crippen LogP contribution in [0, 0.1) is 5.82 Å². The Hall–Kier alpha value is -3.14. The van der Waals surface area contributed by atoms with Gasteiger partial charge in [0.15, 0.2) is 0 Å². The van der Waals surface area contributed by atoms with E-state index in [2.05, 4.69) is 5.32 Å². The van der Waals surface area contributed by atoms with Gasteiger partial charge in [0, 0.05) is 17.6 Å². The molecule has 0 aromatic heterocycles. The average molecular weight is 595 g/mol. The number of sulfonamides is 1. The number of anilines is 1. The molecule has 2 amide bonds. The molecular formula is C28H30Cl2FN3O4S. The molecule has 0 bridgehead atoms. The van der Waals surface area contributed by atoms with Gasteiger partial charge >= 0.3 is 0 Å². The molecule has 0 radical (unpaired) electrons. The average Bonchev–Trinajstić information content (AvgIpc) is 2.92. The summed E-state index contributed by atoms with van der Waals surface area (Å²) in [5.41, 5.74) is 0.694. The van der Waals surface area contributed by atoms with Gasteiger partial charge in [-0.1, -0.05) is 60.5 Å². The molecule has 7 nitrogen and oxygen atoms in total. The molecule has 0 fully saturated rings. The molecule has 0 unspecified atom stereocenters. The van der Waals surface area contributed by atoms with Gasteiger partial charge in [-0.15, -0.1) is 0 Å². The molecule has 3 aromatic carbocycles. The van der Waals surface area contributed by atoms with Gasteiger partial charge in [0.25, 0.3) is 10.0 Å². The van der Waals surface area contributed by atoms with Gasteiger partial charge in [-0.25, -0.2) is 12.8 Å². The van der Waals surface area contributed by atoms with Crippen molar-refractivity contribution < 1.29 is 22.4 Å². The van der Waals surface area contributed by atoms with Crippen LogP contribution in [0.5, 0.6) is 0 Å². The van der Waals surface area contributed by atoms with Crippen LogP contribution in [0.25, 0.3) is 0 Å². The van der Waals surface area contributed by atoms with Crippen molar-refractivity contribution in [1.29, 1.82) is 0 Å². The van der Waals surface area contributed by atoms with Crippen molar-refractivity contribution in [2.24, 2.45) is 0 Å². The fraction of sp³-hybridized carbons (Fsp3) is 0.286. The highest BCUT2D eigenvalue weighted by atomic mass is 35.5. The van der Waals surface area contributed by atoms with Crippen molar-refractivity contribution in [2.75, 3.05) is 10.8 Å². The Morgan fingerprint density at radius 3 is 2.21 bits per heavy atom. The van der Waals surface area contributed by atoms with Gasteiger partial charge in [-0.3, -0.25) is 13.9 Å². The van der Waals surface area contributed by atoms with Gasteiger partial charge in [0.05, 0.1) is 15.6 Å². The molecule has 11 heteroatoms. The van der Waals surface area contributed by atoms with Crippen molar-refractivity contribution in [3.05, 3.63) is 94.2 Å². The van der Waals surface area contributed by atoms with E-state index in [0.717, 1.165) is 16.4 Å². The molecule has 0 aliphatic rings. The first-order valence-corrected chi connectivity index (χ1v) is 14.5. The van der Waals surface area contributed by atoms with E-state index in [4.69, 9.17) is 23.2 Å². The van der Waals surface area contributed by atoms with E-state index in [1.54, 1.807) is 49.4 Å². The second-order valence-electron chi connectivity index (χ2n) is 9.07. The zero-order valence-electron chi connectivity index (χ0n) is 21.8. The van der Waals surface area contributed by atoms with E-state index in [1.807, 2.05) is 13.8 Å². The number of amides is 2. The maximum atomic E-state index is 13.9. The van der Waals surface area contributed by atoms with E-state index >= 15 is 0 Å². The predicted molar refractivity (Wildman–Crippen MR) is 152 cm³/mol. The van der Waals surface area contributed by atoms with Crippen molar-refractivity contribution in [3.8, 4) is 0 Å². The summed E-state index contributed by atoms with van der Waals surface area (Å²) in [6.45, 7) is 4.72. The minimum atomic E-state index is -4.27. The number of nitrogens with zero attached hydrogens (tertiary/aromatic N) is 2. The number of rotatable bonds is 11. The first-order chi connectivity index (χ1) is 18.4. The molecule has 2 atom stereocenters. The summed E-state index contributed by atoms with van der Waals surface area (Å²) in [5.74, 6) is -1.76. The van der Waals surface area contributed by atoms with Crippen LogP contribution >= 0.6 is 23.2 Å². The van der Waals surface area contributed by atoms with Gasteiger partial charge in [0.1, 0.15) is 18.4 Å². The SMILES string of the molecule is CC[C@H](C)NC(=O)[C@@H](C)N(Cc1ccc(Cl)cc1)C(=O)CN(c1ccc(F)c(Cl)c1)S(=O)(=O)c1ccccc1. The molecular weight excluding hydrogens is 564 g/mol. The Bertz CT molecular complexity index is 1410. The molecule has 0 heterocycles. The Kier molecular flexibility index (Phi) is 10.4. The van der Waals surface area contributed by atoms with Gasteiger partial charge < -0.3 is 10.2 Å². The Morgan fingerprint density at radius 2 is 1.62 bits per heavy atom. The van der Waals surface area contributed by atoms with Crippen LogP contribution in [0.1, 0.15) is 32.8 Å².